The summed E-state index contributed by atoms with van der Waals surface area (Å²) in [6.07, 6.45) is 0. The van der Waals surface area contributed by atoms with Crippen LogP contribution in [0.1, 0.15) is 10.4 Å². The van der Waals surface area contributed by atoms with Crippen molar-refractivity contribution in [2.45, 2.75) is 0 Å². The van der Waals surface area contributed by atoms with Crippen molar-refractivity contribution in [2.75, 3.05) is 12.4 Å². The summed E-state index contributed by atoms with van der Waals surface area (Å²) < 4.78 is 4.54. The van der Waals surface area contributed by atoms with Crippen molar-refractivity contribution in [2.24, 2.45) is 0 Å². The fraction of sp³-hybridized carbons (Fsp3) is 0.111. The maximum atomic E-state index is 10.7. The Labute approximate surface area is 80.3 Å². The number of aromatic carboxylic acids is 1. The van der Waals surface area contributed by atoms with E-state index in [1.54, 1.807) is 13.1 Å². The van der Waals surface area contributed by atoms with Gasteiger partial charge in [-0.2, -0.15) is 0 Å². The molecule has 0 atom stereocenters. The minimum absolute atomic E-state index is 0.0272. The number of rotatable bonds is 4. The summed E-state index contributed by atoms with van der Waals surface area (Å²) in [6.45, 7) is 0.196. The summed E-state index contributed by atoms with van der Waals surface area (Å²) >= 11 is 0. The van der Waals surface area contributed by atoms with Crippen LogP contribution in [0.15, 0.2) is 18.2 Å². The molecular formula is C9H9NO4. The number of benzene rings is 1. The highest BCUT2D eigenvalue weighted by atomic mass is 16.5. The zero-order valence-corrected chi connectivity index (χ0v) is 7.48. The Morgan fingerprint density at radius 2 is 2.29 bits per heavy atom. The van der Waals surface area contributed by atoms with Gasteiger partial charge in [-0.3, -0.25) is 4.79 Å². The molecular weight excluding hydrogens is 186 g/mol. The molecule has 0 bridgehead atoms. The number of anilines is 1. The van der Waals surface area contributed by atoms with Gasteiger partial charge >= 0.3 is 5.97 Å². The van der Waals surface area contributed by atoms with Crippen LogP contribution in [-0.4, -0.2) is 24.6 Å². The minimum atomic E-state index is -1.13. The third kappa shape index (κ3) is 2.01. The van der Waals surface area contributed by atoms with Crippen LogP contribution in [0.25, 0.3) is 0 Å². The van der Waals surface area contributed by atoms with E-state index in [9.17, 15) is 9.59 Å². The molecule has 0 aliphatic heterocycles. The Bertz CT molecular complexity index is 362. The van der Waals surface area contributed by atoms with Gasteiger partial charge < -0.3 is 15.2 Å². The first-order valence-electron chi connectivity index (χ1n) is 3.84. The van der Waals surface area contributed by atoms with E-state index >= 15 is 0 Å². The van der Waals surface area contributed by atoms with Crippen LogP contribution in [0.5, 0.6) is 5.75 Å². The van der Waals surface area contributed by atoms with Crippen molar-refractivity contribution in [3.05, 3.63) is 23.8 Å². The second kappa shape index (κ2) is 4.27. The first-order valence-corrected chi connectivity index (χ1v) is 3.84. The predicted octanol–water partition coefficient (Wildman–Crippen LogP) is 0.962. The zero-order valence-electron chi connectivity index (χ0n) is 7.48. The van der Waals surface area contributed by atoms with E-state index in [0.29, 0.717) is 5.69 Å². The third-order valence-corrected chi connectivity index (χ3v) is 1.68. The maximum absolute atomic E-state index is 10.7. The van der Waals surface area contributed by atoms with Crippen molar-refractivity contribution >= 4 is 18.1 Å². The molecule has 2 N–H and O–H groups in total. The topological polar surface area (TPSA) is 75.6 Å². The SMILES string of the molecule is CNc1ccc(C(=O)O)c(OC=O)c1. The van der Waals surface area contributed by atoms with Crippen LogP contribution in [0.4, 0.5) is 5.69 Å². The van der Waals surface area contributed by atoms with Crippen molar-refractivity contribution in [3.8, 4) is 5.75 Å². The average molecular weight is 195 g/mol. The van der Waals surface area contributed by atoms with Gasteiger partial charge in [0.1, 0.15) is 11.3 Å². The molecule has 0 saturated carbocycles. The van der Waals surface area contributed by atoms with Crippen LogP contribution in [0.2, 0.25) is 0 Å². The summed E-state index contributed by atoms with van der Waals surface area (Å²) in [5.74, 6) is -1.11. The first kappa shape index (κ1) is 10.0. The quantitative estimate of drug-likeness (QED) is 0.700. The smallest absolute Gasteiger partial charge is 0.339 e. The summed E-state index contributed by atoms with van der Waals surface area (Å²) in [4.78, 5) is 20.8. The molecule has 1 rings (SSSR count). The molecule has 0 unspecified atom stereocenters. The molecule has 14 heavy (non-hydrogen) atoms. The lowest BCUT2D eigenvalue weighted by Gasteiger charge is -2.05. The molecule has 5 heteroatoms. The van der Waals surface area contributed by atoms with Gasteiger partial charge in [-0.05, 0) is 12.1 Å². The van der Waals surface area contributed by atoms with Crippen molar-refractivity contribution < 1.29 is 19.4 Å². The Kier molecular flexibility index (Phi) is 3.06. The number of ether oxygens (including phenoxy) is 1. The van der Waals surface area contributed by atoms with Crippen LogP contribution in [-0.2, 0) is 4.79 Å². The van der Waals surface area contributed by atoms with Gasteiger partial charge in [-0.25, -0.2) is 4.79 Å². The molecule has 0 fully saturated rings. The van der Waals surface area contributed by atoms with Gasteiger partial charge in [0.15, 0.2) is 0 Å². The molecule has 0 aromatic heterocycles. The Balaban J connectivity index is 3.16. The third-order valence-electron chi connectivity index (χ3n) is 1.68. The standard InChI is InChI=1S/C9H9NO4/c1-10-6-2-3-7(9(12)13)8(4-6)14-5-11/h2-5,10H,1H3,(H,12,13). The molecule has 5 nitrogen and oxygen atoms in total. The number of carbonyl (C=O) groups is 2. The van der Waals surface area contributed by atoms with E-state index in [-0.39, 0.29) is 17.8 Å². The van der Waals surface area contributed by atoms with E-state index in [0.717, 1.165) is 0 Å². The van der Waals surface area contributed by atoms with Crippen LogP contribution >= 0.6 is 0 Å². The van der Waals surface area contributed by atoms with Gasteiger partial charge in [0.2, 0.25) is 0 Å². The average Bonchev–Trinajstić information content (AvgIpc) is 2.17. The first-order chi connectivity index (χ1) is 6.69. The van der Waals surface area contributed by atoms with E-state index in [1.807, 2.05) is 0 Å². The fourth-order valence-electron chi connectivity index (χ4n) is 1.00. The Morgan fingerprint density at radius 3 is 2.79 bits per heavy atom. The number of nitrogens with one attached hydrogen (secondary N) is 1. The number of carbonyl (C=O) groups excluding carboxylic acids is 1. The van der Waals surface area contributed by atoms with Crippen molar-refractivity contribution in [3.63, 3.8) is 0 Å². The molecule has 0 radical (unpaired) electrons. The largest absolute Gasteiger partial charge is 0.478 e. The summed E-state index contributed by atoms with van der Waals surface area (Å²) in [7, 11) is 1.68. The van der Waals surface area contributed by atoms with E-state index < -0.39 is 5.97 Å². The highest BCUT2D eigenvalue weighted by molar-refractivity contribution is 5.92. The van der Waals surface area contributed by atoms with Crippen LogP contribution < -0.4 is 10.1 Å². The highest BCUT2D eigenvalue weighted by Crippen LogP contribution is 2.22. The normalized spacial score (nSPS) is 9.21. The molecule has 0 heterocycles. The van der Waals surface area contributed by atoms with Crippen LogP contribution in [0.3, 0.4) is 0 Å². The van der Waals surface area contributed by atoms with Gasteiger partial charge in [0, 0.05) is 18.8 Å². The molecule has 1 aromatic rings. The number of carboxylic acids is 1. The lowest BCUT2D eigenvalue weighted by molar-refractivity contribution is -0.120. The van der Waals surface area contributed by atoms with Gasteiger partial charge in [0.05, 0.1) is 0 Å². The van der Waals surface area contributed by atoms with E-state index in [1.165, 1.54) is 12.1 Å². The second-order valence-corrected chi connectivity index (χ2v) is 2.48. The summed E-state index contributed by atoms with van der Waals surface area (Å²) in [6, 6.07) is 4.39. The molecule has 74 valence electrons. The lowest BCUT2D eigenvalue weighted by atomic mass is 10.2. The Hall–Kier alpha value is -2.04. The summed E-state index contributed by atoms with van der Waals surface area (Å²) in [5.41, 5.74) is 0.628. The lowest BCUT2D eigenvalue weighted by Crippen LogP contribution is -2.02. The molecule has 0 amide bonds. The Morgan fingerprint density at radius 1 is 1.57 bits per heavy atom. The van der Waals surface area contributed by atoms with Gasteiger partial charge in [0.25, 0.3) is 6.47 Å². The highest BCUT2D eigenvalue weighted by Gasteiger charge is 2.11. The molecule has 0 spiro atoms. The van der Waals surface area contributed by atoms with Gasteiger partial charge in [-0.15, -0.1) is 0 Å². The second-order valence-electron chi connectivity index (χ2n) is 2.48. The molecule has 0 aliphatic carbocycles. The molecule has 0 saturated heterocycles. The molecule has 0 aliphatic rings. The zero-order chi connectivity index (χ0) is 10.6. The minimum Gasteiger partial charge on any atom is -0.478 e. The fourth-order valence-corrected chi connectivity index (χ4v) is 1.00. The van der Waals surface area contributed by atoms with E-state index in [2.05, 4.69) is 10.1 Å². The van der Waals surface area contributed by atoms with Gasteiger partial charge in [-0.1, -0.05) is 0 Å². The predicted molar refractivity (Wildman–Crippen MR) is 49.6 cm³/mol. The van der Waals surface area contributed by atoms with Crippen molar-refractivity contribution in [1.29, 1.82) is 0 Å². The monoisotopic (exact) mass is 195 g/mol. The van der Waals surface area contributed by atoms with Crippen molar-refractivity contribution in [1.82, 2.24) is 0 Å². The van der Waals surface area contributed by atoms with Crippen LogP contribution in [0, 0.1) is 0 Å². The maximum Gasteiger partial charge on any atom is 0.339 e. The number of carboxylic acid groups (broad SMARTS) is 1. The number of hydrogen-bond acceptors (Lipinski definition) is 4. The summed E-state index contributed by atoms with van der Waals surface area (Å²) in [5, 5.41) is 11.5. The number of hydrogen-bond donors (Lipinski definition) is 2. The van der Waals surface area contributed by atoms with E-state index in [4.69, 9.17) is 5.11 Å². The molecule has 1 aromatic carbocycles.